The van der Waals surface area contributed by atoms with Crippen LogP contribution in [0.3, 0.4) is 0 Å². The van der Waals surface area contributed by atoms with Crippen molar-refractivity contribution in [3.8, 4) is 6.07 Å². The van der Waals surface area contributed by atoms with E-state index >= 15 is 0 Å². The maximum atomic E-state index is 9.80. The van der Waals surface area contributed by atoms with E-state index in [2.05, 4.69) is 6.07 Å². The molecule has 4 heteroatoms. The van der Waals surface area contributed by atoms with E-state index in [1.807, 2.05) is 13.8 Å². The summed E-state index contributed by atoms with van der Waals surface area (Å²) in [5.74, 6) is 0. The van der Waals surface area contributed by atoms with Crippen molar-refractivity contribution in [1.82, 2.24) is 0 Å². The lowest BCUT2D eigenvalue weighted by Gasteiger charge is -2.40. The Morgan fingerprint density at radius 2 is 2.21 bits per heavy atom. The first-order chi connectivity index (χ1) is 6.35. The zero-order valence-corrected chi connectivity index (χ0v) is 9.14. The van der Waals surface area contributed by atoms with Gasteiger partial charge in [-0.15, -0.1) is 0 Å². The minimum Gasteiger partial charge on any atom is -0.390 e. The number of aliphatic hydroxyl groups is 1. The van der Waals surface area contributed by atoms with Gasteiger partial charge >= 0.3 is 0 Å². The standard InChI is InChI=1S/C10H14ClNO2/c1-8-5-10(11,6-12)9(2,14-8)4-3-7(8)13/h7,13H,3-5H2,1-2H3/t7-,8-,9-,10?/m0/s1. The van der Waals surface area contributed by atoms with E-state index in [1.54, 1.807) is 0 Å². The highest BCUT2D eigenvalue weighted by Gasteiger charge is 2.65. The van der Waals surface area contributed by atoms with E-state index in [1.165, 1.54) is 0 Å². The van der Waals surface area contributed by atoms with Crippen LogP contribution in [0, 0.1) is 11.3 Å². The maximum absolute atomic E-state index is 9.80. The molecule has 0 aromatic heterocycles. The van der Waals surface area contributed by atoms with Crippen LogP contribution in [0.15, 0.2) is 0 Å². The molecule has 1 unspecified atom stereocenters. The molecule has 0 aromatic rings. The first-order valence-corrected chi connectivity index (χ1v) is 5.21. The second-order valence-corrected chi connectivity index (χ2v) is 5.44. The highest BCUT2D eigenvalue weighted by molar-refractivity contribution is 6.27. The molecule has 2 heterocycles. The largest absolute Gasteiger partial charge is 0.390 e. The normalized spacial score (nSPS) is 56.9. The fourth-order valence-corrected chi connectivity index (χ4v) is 3.01. The molecule has 2 bridgehead atoms. The molecule has 1 N–H and O–H groups in total. The van der Waals surface area contributed by atoms with Gasteiger partial charge in [-0.25, -0.2) is 0 Å². The molecule has 2 aliphatic heterocycles. The van der Waals surface area contributed by atoms with Crippen molar-refractivity contribution in [2.24, 2.45) is 0 Å². The highest BCUT2D eigenvalue weighted by Crippen LogP contribution is 2.56. The Morgan fingerprint density at radius 3 is 2.71 bits per heavy atom. The number of fused-ring (bicyclic) bond motifs is 2. The summed E-state index contributed by atoms with van der Waals surface area (Å²) in [7, 11) is 0. The number of nitriles is 1. The molecule has 0 radical (unpaired) electrons. The van der Waals surface area contributed by atoms with Crippen LogP contribution in [0.4, 0.5) is 0 Å². The molecule has 0 aromatic carbocycles. The summed E-state index contributed by atoms with van der Waals surface area (Å²) < 4.78 is 5.79. The number of rotatable bonds is 0. The number of halogens is 1. The second kappa shape index (κ2) is 2.63. The topological polar surface area (TPSA) is 53.2 Å². The molecule has 0 spiro atoms. The lowest BCUT2D eigenvalue weighted by atomic mass is 9.86. The van der Waals surface area contributed by atoms with Crippen molar-refractivity contribution in [3.63, 3.8) is 0 Å². The van der Waals surface area contributed by atoms with Crippen LogP contribution >= 0.6 is 11.6 Å². The van der Waals surface area contributed by atoms with Crippen LogP contribution in [0.25, 0.3) is 0 Å². The third-order valence-corrected chi connectivity index (χ3v) is 4.29. The number of alkyl halides is 1. The maximum Gasteiger partial charge on any atom is 0.162 e. The van der Waals surface area contributed by atoms with E-state index in [-0.39, 0.29) is 0 Å². The Balaban J connectivity index is 2.43. The minimum absolute atomic E-state index is 0.399. The molecule has 3 nitrogen and oxygen atoms in total. The average molecular weight is 216 g/mol. The summed E-state index contributed by atoms with van der Waals surface area (Å²) in [6, 6.07) is 2.13. The quantitative estimate of drug-likeness (QED) is 0.625. The van der Waals surface area contributed by atoms with Gasteiger partial charge < -0.3 is 9.84 Å². The first kappa shape index (κ1) is 10.2. The number of nitrogens with zero attached hydrogens (tertiary/aromatic N) is 1. The summed E-state index contributed by atoms with van der Waals surface area (Å²) in [5, 5.41) is 18.9. The molecule has 14 heavy (non-hydrogen) atoms. The third kappa shape index (κ3) is 1.05. The van der Waals surface area contributed by atoms with E-state index in [9.17, 15) is 5.11 Å². The number of ether oxygens (including phenoxy) is 1. The number of aliphatic hydroxyl groups excluding tert-OH is 1. The molecule has 4 atom stereocenters. The molecular formula is C10H14ClNO2. The van der Waals surface area contributed by atoms with Crippen molar-refractivity contribution in [2.75, 3.05) is 0 Å². The molecule has 0 amide bonds. The van der Waals surface area contributed by atoms with Gasteiger partial charge in [0.1, 0.15) is 0 Å². The van der Waals surface area contributed by atoms with Crippen molar-refractivity contribution in [2.45, 2.75) is 55.3 Å². The Labute approximate surface area is 88.6 Å². The first-order valence-electron chi connectivity index (χ1n) is 4.84. The van der Waals surface area contributed by atoms with Crippen molar-refractivity contribution in [1.29, 1.82) is 5.26 Å². The van der Waals surface area contributed by atoms with Crippen LogP contribution in [-0.2, 0) is 4.74 Å². The minimum atomic E-state index is -0.987. The van der Waals surface area contributed by atoms with Gasteiger partial charge in [0.15, 0.2) is 4.87 Å². The molecule has 2 rings (SSSR count). The molecule has 2 saturated heterocycles. The van der Waals surface area contributed by atoms with Gasteiger partial charge in [-0.2, -0.15) is 5.26 Å². The van der Waals surface area contributed by atoms with Gasteiger partial charge in [0.25, 0.3) is 0 Å². The van der Waals surface area contributed by atoms with Crippen LogP contribution in [-0.4, -0.2) is 27.3 Å². The Bertz CT molecular complexity index is 316. The van der Waals surface area contributed by atoms with Gasteiger partial charge in [-0.05, 0) is 26.7 Å². The summed E-state index contributed by atoms with van der Waals surface area (Å²) in [5.41, 5.74) is -1.26. The third-order valence-electron chi connectivity index (χ3n) is 3.67. The smallest absolute Gasteiger partial charge is 0.162 e. The molecule has 2 fully saturated rings. The summed E-state index contributed by atoms with van der Waals surface area (Å²) in [6.45, 7) is 3.69. The van der Waals surface area contributed by atoms with Gasteiger partial charge in [0, 0.05) is 6.42 Å². The fraction of sp³-hybridized carbons (Fsp3) is 0.900. The molecule has 2 aliphatic rings. The van der Waals surface area contributed by atoms with Crippen molar-refractivity contribution in [3.05, 3.63) is 0 Å². The van der Waals surface area contributed by atoms with Crippen LogP contribution in [0.1, 0.15) is 33.1 Å². The summed E-state index contributed by atoms with van der Waals surface area (Å²) in [4.78, 5) is -0.987. The Morgan fingerprint density at radius 1 is 1.57 bits per heavy atom. The lowest BCUT2D eigenvalue weighted by molar-refractivity contribution is -0.179. The second-order valence-electron chi connectivity index (χ2n) is 4.79. The predicted octanol–water partition coefficient (Wildman–Crippen LogP) is 1.58. The van der Waals surface area contributed by atoms with Crippen LogP contribution < -0.4 is 0 Å². The SMILES string of the molecule is C[C@]12CC(Cl)(C#N)[C@](C)(CC[C@@H]1O)O2. The highest BCUT2D eigenvalue weighted by atomic mass is 35.5. The van der Waals surface area contributed by atoms with Crippen LogP contribution in [0.5, 0.6) is 0 Å². The van der Waals surface area contributed by atoms with Gasteiger partial charge in [-0.1, -0.05) is 11.6 Å². The summed E-state index contributed by atoms with van der Waals surface area (Å²) in [6.07, 6.45) is 1.18. The van der Waals surface area contributed by atoms with E-state index in [4.69, 9.17) is 21.6 Å². The lowest BCUT2D eigenvalue weighted by Crippen LogP contribution is -2.49. The predicted molar refractivity (Wildman–Crippen MR) is 51.9 cm³/mol. The zero-order chi connectivity index (χ0) is 10.6. The molecular weight excluding hydrogens is 202 g/mol. The summed E-state index contributed by atoms with van der Waals surface area (Å²) >= 11 is 6.26. The Hall–Kier alpha value is -0.300. The van der Waals surface area contributed by atoms with E-state index in [0.717, 1.165) is 0 Å². The van der Waals surface area contributed by atoms with E-state index in [0.29, 0.717) is 19.3 Å². The Kier molecular flexibility index (Phi) is 1.92. The fourth-order valence-electron chi connectivity index (χ4n) is 2.61. The monoisotopic (exact) mass is 215 g/mol. The zero-order valence-electron chi connectivity index (χ0n) is 8.38. The molecule has 0 saturated carbocycles. The van der Waals surface area contributed by atoms with Gasteiger partial charge in [-0.3, -0.25) is 0 Å². The van der Waals surface area contributed by atoms with Crippen molar-refractivity contribution < 1.29 is 9.84 Å². The van der Waals surface area contributed by atoms with Gasteiger partial charge in [0.2, 0.25) is 0 Å². The van der Waals surface area contributed by atoms with Crippen LogP contribution in [0.2, 0.25) is 0 Å². The van der Waals surface area contributed by atoms with Gasteiger partial charge in [0.05, 0.1) is 23.4 Å². The number of hydrogen-bond donors (Lipinski definition) is 1. The number of hydrogen-bond acceptors (Lipinski definition) is 3. The van der Waals surface area contributed by atoms with E-state index < -0.39 is 22.2 Å². The van der Waals surface area contributed by atoms with Crippen molar-refractivity contribution >= 4 is 11.6 Å². The molecule has 0 aliphatic carbocycles. The average Bonchev–Trinajstić information content (AvgIpc) is 2.28. The molecule has 78 valence electrons.